The van der Waals surface area contributed by atoms with Crippen molar-refractivity contribution in [2.75, 3.05) is 13.1 Å². The van der Waals surface area contributed by atoms with E-state index in [2.05, 4.69) is 22.0 Å². The zero-order chi connectivity index (χ0) is 19.6. The largest absolute Gasteiger partial charge is 0.443 e. The van der Waals surface area contributed by atoms with Gasteiger partial charge in [0.25, 0.3) is 5.91 Å². The number of aromatic nitrogens is 2. The Labute approximate surface area is 158 Å². The third-order valence-electron chi connectivity index (χ3n) is 4.41. The predicted molar refractivity (Wildman–Crippen MR) is 98.1 cm³/mol. The van der Waals surface area contributed by atoms with E-state index in [1.54, 1.807) is 30.9 Å². The number of hydrogen-bond donors (Lipinski definition) is 1. The Morgan fingerprint density at radius 2 is 2.04 bits per heavy atom. The highest BCUT2D eigenvalue weighted by Crippen LogP contribution is 2.28. The van der Waals surface area contributed by atoms with E-state index in [1.165, 1.54) is 0 Å². The van der Waals surface area contributed by atoms with Crippen molar-refractivity contribution < 1.29 is 18.8 Å². The van der Waals surface area contributed by atoms with Gasteiger partial charge < -0.3 is 18.9 Å². The van der Waals surface area contributed by atoms with E-state index in [4.69, 9.17) is 8.94 Å². The van der Waals surface area contributed by atoms with Crippen molar-refractivity contribution in [1.82, 2.24) is 15.0 Å². The monoisotopic (exact) mass is 371 g/mol. The molecule has 0 bridgehead atoms. The Hall–Kier alpha value is -2.59. The molecule has 1 N–H and O–H groups in total. The Kier molecular flexibility index (Phi) is 5.38. The first-order chi connectivity index (χ1) is 12.7. The lowest BCUT2D eigenvalue weighted by Crippen LogP contribution is -2.37. The van der Waals surface area contributed by atoms with Crippen LogP contribution in [-0.4, -0.2) is 44.7 Å². The molecule has 7 nitrogen and oxygen atoms in total. The summed E-state index contributed by atoms with van der Waals surface area (Å²) in [5.74, 6) is 7.67. The second-order valence-corrected chi connectivity index (χ2v) is 7.68. The van der Waals surface area contributed by atoms with Crippen molar-refractivity contribution >= 4 is 5.91 Å². The minimum atomic E-state index is -1.11. The number of likely N-dealkylation sites (tertiary alicyclic amines) is 1. The summed E-state index contributed by atoms with van der Waals surface area (Å²) in [5, 5.41) is 13.7. The summed E-state index contributed by atoms with van der Waals surface area (Å²) in [4.78, 5) is 18.9. The summed E-state index contributed by atoms with van der Waals surface area (Å²) >= 11 is 0. The van der Waals surface area contributed by atoms with E-state index in [9.17, 15) is 9.90 Å². The standard InChI is InChI=1S/C20H25N3O4/c1-13(2)17-21-18(27-22-17)14-8-11-23(12-9-14)19(24)16-6-5-15(26-16)7-10-20(3,4)25/h5-6,13-14,25H,8-9,11-12H2,1-4H3. The number of amides is 1. The molecule has 3 rings (SSSR count). The Bertz CT molecular complexity index is 856. The highest BCUT2D eigenvalue weighted by Gasteiger charge is 2.29. The molecule has 144 valence electrons. The van der Waals surface area contributed by atoms with Crippen LogP contribution >= 0.6 is 0 Å². The zero-order valence-corrected chi connectivity index (χ0v) is 16.2. The van der Waals surface area contributed by atoms with Crippen LogP contribution < -0.4 is 0 Å². The number of aliphatic hydroxyl groups is 1. The number of carbonyl (C=O) groups is 1. The van der Waals surface area contributed by atoms with Crippen molar-refractivity contribution in [2.24, 2.45) is 0 Å². The molecule has 7 heteroatoms. The van der Waals surface area contributed by atoms with Crippen molar-refractivity contribution in [3.05, 3.63) is 35.4 Å². The number of piperidine rings is 1. The fourth-order valence-corrected chi connectivity index (χ4v) is 2.87. The average Bonchev–Trinajstić information content (AvgIpc) is 3.28. The van der Waals surface area contributed by atoms with Crippen LogP contribution in [0.5, 0.6) is 0 Å². The van der Waals surface area contributed by atoms with Gasteiger partial charge in [-0.1, -0.05) is 24.9 Å². The second kappa shape index (κ2) is 7.57. The number of nitrogens with zero attached hydrogens (tertiary/aromatic N) is 3. The van der Waals surface area contributed by atoms with Crippen molar-refractivity contribution in [3.63, 3.8) is 0 Å². The van der Waals surface area contributed by atoms with Crippen LogP contribution in [0.4, 0.5) is 0 Å². The minimum Gasteiger partial charge on any atom is -0.443 e. The highest BCUT2D eigenvalue weighted by atomic mass is 16.5. The van der Waals surface area contributed by atoms with Crippen LogP contribution in [0.2, 0.25) is 0 Å². The topological polar surface area (TPSA) is 92.6 Å². The summed E-state index contributed by atoms with van der Waals surface area (Å²) in [5.41, 5.74) is -1.11. The Morgan fingerprint density at radius 1 is 1.33 bits per heavy atom. The van der Waals surface area contributed by atoms with E-state index < -0.39 is 5.60 Å². The second-order valence-electron chi connectivity index (χ2n) is 7.68. The molecule has 0 spiro atoms. The summed E-state index contributed by atoms with van der Waals surface area (Å²) in [7, 11) is 0. The van der Waals surface area contributed by atoms with Gasteiger partial charge in [0.1, 0.15) is 5.60 Å². The fourth-order valence-electron chi connectivity index (χ4n) is 2.87. The van der Waals surface area contributed by atoms with Crippen LogP contribution in [0.25, 0.3) is 0 Å². The summed E-state index contributed by atoms with van der Waals surface area (Å²) in [6.07, 6.45) is 1.55. The van der Waals surface area contributed by atoms with Crippen molar-refractivity contribution in [3.8, 4) is 11.8 Å². The molecule has 0 unspecified atom stereocenters. The average molecular weight is 371 g/mol. The molecule has 0 atom stereocenters. The number of carbonyl (C=O) groups excluding carboxylic acids is 1. The summed E-state index contributed by atoms with van der Waals surface area (Å²) < 4.78 is 10.9. The van der Waals surface area contributed by atoms with Crippen LogP contribution in [-0.2, 0) is 0 Å². The minimum absolute atomic E-state index is 0.154. The predicted octanol–water partition coefficient (Wildman–Crippen LogP) is 2.93. The lowest BCUT2D eigenvalue weighted by molar-refractivity contribution is 0.0672. The van der Waals surface area contributed by atoms with E-state index in [0.717, 1.165) is 18.7 Å². The molecule has 1 saturated heterocycles. The Morgan fingerprint density at radius 3 is 2.63 bits per heavy atom. The van der Waals surface area contributed by atoms with Crippen molar-refractivity contribution in [1.29, 1.82) is 0 Å². The van der Waals surface area contributed by atoms with Crippen LogP contribution in [0.15, 0.2) is 21.1 Å². The molecule has 1 aliphatic rings. The van der Waals surface area contributed by atoms with Crippen LogP contribution in [0.3, 0.4) is 0 Å². The molecule has 0 saturated carbocycles. The van der Waals surface area contributed by atoms with Gasteiger partial charge in [0.05, 0.1) is 0 Å². The SMILES string of the molecule is CC(C)c1noc(C2CCN(C(=O)c3ccc(C#CC(C)(C)O)o3)CC2)n1. The highest BCUT2D eigenvalue weighted by molar-refractivity contribution is 5.91. The van der Waals surface area contributed by atoms with Gasteiger partial charge in [-0.2, -0.15) is 4.98 Å². The summed E-state index contributed by atoms with van der Waals surface area (Å²) in [6.45, 7) is 8.45. The first-order valence-corrected chi connectivity index (χ1v) is 9.21. The van der Waals surface area contributed by atoms with E-state index in [0.29, 0.717) is 24.7 Å². The van der Waals surface area contributed by atoms with Gasteiger partial charge in [0.15, 0.2) is 17.3 Å². The molecule has 0 aromatic carbocycles. The number of hydrogen-bond acceptors (Lipinski definition) is 6. The maximum absolute atomic E-state index is 12.6. The molecular formula is C20H25N3O4. The first kappa shape index (κ1) is 19.2. The van der Waals surface area contributed by atoms with E-state index in [1.807, 2.05) is 13.8 Å². The van der Waals surface area contributed by atoms with Gasteiger partial charge in [-0.05, 0) is 44.7 Å². The molecule has 0 aliphatic carbocycles. The Balaban J connectivity index is 1.60. The summed E-state index contributed by atoms with van der Waals surface area (Å²) in [6, 6.07) is 3.26. The third kappa shape index (κ3) is 4.77. The van der Waals surface area contributed by atoms with Crippen LogP contribution in [0, 0.1) is 11.8 Å². The van der Waals surface area contributed by atoms with Gasteiger partial charge in [-0.15, -0.1) is 0 Å². The van der Waals surface area contributed by atoms with Crippen molar-refractivity contribution in [2.45, 2.75) is 58.0 Å². The van der Waals surface area contributed by atoms with Gasteiger partial charge in [0, 0.05) is 24.9 Å². The maximum atomic E-state index is 12.6. The number of rotatable bonds is 3. The molecule has 0 radical (unpaired) electrons. The lowest BCUT2D eigenvalue weighted by atomic mass is 9.96. The molecule has 1 amide bonds. The lowest BCUT2D eigenvalue weighted by Gasteiger charge is -2.29. The molecule has 1 aliphatic heterocycles. The molecule has 2 aromatic rings. The molecule has 2 aromatic heterocycles. The zero-order valence-electron chi connectivity index (χ0n) is 16.2. The van der Waals surface area contributed by atoms with Crippen LogP contribution in [0.1, 0.15) is 80.4 Å². The molecular weight excluding hydrogens is 346 g/mol. The van der Waals surface area contributed by atoms with E-state index in [-0.39, 0.29) is 23.5 Å². The fraction of sp³-hybridized carbons (Fsp3) is 0.550. The normalized spacial score (nSPS) is 15.7. The van der Waals surface area contributed by atoms with Gasteiger partial charge >= 0.3 is 0 Å². The van der Waals surface area contributed by atoms with E-state index >= 15 is 0 Å². The third-order valence-corrected chi connectivity index (χ3v) is 4.41. The molecule has 3 heterocycles. The van der Waals surface area contributed by atoms with Gasteiger partial charge in [0.2, 0.25) is 5.89 Å². The van der Waals surface area contributed by atoms with Gasteiger partial charge in [-0.3, -0.25) is 4.79 Å². The quantitative estimate of drug-likeness (QED) is 0.834. The van der Waals surface area contributed by atoms with Gasteiger partial charge in [-0.25, -0.2) is 0 Å². The number of furan rings is 1. The smallest absolute Gasteiger partial charge is 0.289 e. The maximum Gasteiger partial charge on any atom is 0.289 e. The molecule has 1 fully saturated rings. The first-order valence-electron chi connectivity index (χ1n) is 9.21. The molecule has 27 heavy (non-hydrogen) atoms.